The molecule has 4 nitrogen and oxygen atoms in total. The van der Waals surface area contributed by atoms with E-state index in [2.05, 4.69) is 47.9 Å². The first-order chi connectivity index (χ1) is 9.47. The maximum absolute atomic E-state index is 4.56. The molecule has 0 radical (unpaired) electrons. The first kappa shape index (κ1) is 15.4. The van der Waals surface area contributed by atoms with Gasteiger partial charge in [0.25, 0.3) is 0 Å². The lowest BCUT2D eigenvalue weighted by molar-refractivity contribution is 0.0771. The van der Waals surface area contributed by atoms with Crippen molar-refractivity contribution in [3.63, 3.8) is 0 Å². The summed E-state index contributed by atoms with van der Waals surface area (Å²) in [6.07, 6.45) is 1.87. The van der Waals surface area contributed by atoms with E-state index < -0.39 is 0 Å². The fourth-order valence-corrected chi connectivity index (χ4v) is 2.94. The van der Waals surface area contributed by atoms with Crippen LogP contribution in [0.5, 0.6) is 0 Å². The van der Waals surface area contributed by atoms with Crippen LogP contribution in [0, 0.1) is 18.8 Å². The van der Waals surface area contributed by atoms with Gasteiger partial charge in [0.05, 0.1) is 5.69 Å². The van der Waals surface area contributed by atoms with Crippen molar-refractivity contribution in [2.24, 2.45) is 11.8 Å². The van der Waals surface area contributed by atoms with E-state index in [9.17, 15) is 0 Å². The van der Waals surface area contributed by atoms with Gasteiger partial charge in [-0.3, -0.25) is 4.90 Å². The minimum atomic E-state index is 0.577. The maximum Gasteiger partial charge on any atom is 0.125 e. The number of nitrogens with zero attached hydrogens (tertiary/aromatic N) is 3. The van der Waals surface area contributed by atoms with Crippen LogP contribution in [0.4, 0.5) is 0 Å². The molecular formula is C16H28N4. The smallest absolute Gasteiger partial charge is 0.125 e. The average Bonchev–Trinajstić information content (AvgIpc) is 2.38. The second kappa shape index (κ2) is 6.64. The molecule has 2 atom stereocenters. The maximum atomic E-state index is 4.56. The van der Waals surface area contributed by atoms with Crippen molar-refractivity contribution in [1.29, 1.82) is 0 Å². The monoisotopic (exact) mass is 276 g/mol. The van der Waals surface area contributed by atoms with Gasteiger partial charge in [-0.25, -0.2) is 9.97 Å². The van der Waals surface area contributed by atoms with Crippen LogP contribution in [0.1, 0.15) is 39.2 Å². The molecule has 2 rings (SSSR count). The zero-order chi connectivity index (χ0) is 14.7. The van der Waals surface area contributed by atoms with Crippen molar-refractivity contribution in [3.8, 4) is 0 Å². The SMILES string of the molecule is Cc1nccc(CN2CC(C(C)C)NCC2C(C)C)n1. The van der Waals surface area contributed by atoms with Gasteiger partial charge in [-0.1, -0.05) is 27.7 Å². The highest BCUT2D eigenvalue weighted by Crippen LogP contribution is 2.20. The van der Waals surface area contributed by atoms with Crippen LogP contribution >= 0.6 is 0 Å². The normalized spacial score (nSPS) is 24.6. The van der Waals surface area contributed by atoms with Crippen LogP contribution in [-0.2, 0) is 6.54 Å². The topological polar surface area (TPSA) is 41.1 Å². The molecule has 1 aromatic heterocycles. The van der Waals surface area contributed by atoms with Crippen molar-refractivity contribution in [3.05, 3.63) is 23.8 Å². The summed E-state index contributed by atoms with van der Waals surface area (Å²) in [4.78, 5) is 11.3. The predicted octanol–water partition coefficient (Wildman–Crippen LogP) is 2.24. The average molecular weight is 276 g/mol. The van der Waals surface area contributed by atoms with Crippen LogP contribution in [0.25, 0.3) is 0 Å². The molecule has 2 unspecified atom stereocenters. The highest BCUT2D eigenvalue weighted by Gasteiger charge is 2.31. The van der Waals surface area contributed by atoms with Gasteiger partial charge in [-0.05, 0) is 24.8 Å². The van der Waals surface area contributed by atoms with E-state index >= 15 is 0 Å². The highest BCUT2D eigenvalue weighted by atomic mass is 15.2. The molecule has 0 amide bonds. The van der Waals surface area contributed by atoms with Gasteiger partial charge in [0.2, 0.25) is 0 Å². The fourth-order valence-electron chi connectivity index (χ4n) is 2.94. The zero-order valence-electron chi connectivity index (χ0n) is 13.4. The summed E-state index contributed by atoms with van der Waals surface area (Å²) >= 11 is 0. The molecule has 1 fully saturated rings. The molecule has 4 heteroatoms. The summed E-state index contributed by atoms with van der Waals surface area (Å²) in [5.74, 6) is 2.18. The minimum Gasteiger partial charge on any atom is -0.311 e. The van der Waals surface area contributed by atoms with E-state index in [1.165, 1.54) is 0 Å². The van der Waals surface area contributed by atoms with E-state index in [-0.39, 0.29) is 0 Å². The van der Waals surface area contributed by atoms with Crippen molar-refractivity contribution in [2.45, 2.75) is 53.2 Å². The minimum absolute atomic E-state index is 0.577. The fraction of sp³-hybridized carbons (Fsp3) is 0.750. The Morgan fingerprint density at radius 2 is 2.05 bits per heavy atom. The number of hydrogen-bond donors (Lipinski definition) is 1. The molecule has 1 aliphatic rings. The summed E-state index contributed by atoms with van der Waals surface area (Å²) in [6.45, 7) is 14.3. The van der Waals surface area contributed by atoms with Crippen LogP contribution in [0.3, 0.4) is 0 Å². The van der Waals surface area contributed by atoms with Crippen LogP contribution in [0.15, 0.2) is 12.3 Å². The van der Waals surface area contributed by atoms with E-state index in [0.29, 0.717) is 23.9 Å². The second-order valence-electron chi connectivity index (χ2n) is 6.59. The lowest BCUT2D eigenvalue weighted by atomic mass is 9.94. The van der Waals surface area contributed by atoms with Gasteiger partial charge in [-0.15, -0.1) is 0 Å². The Bertz CT molecular complexity index is 430. The molecule has 0 saturated carbocycles. The van der Waals surface area contributed by atoms with Crippen LogP contribution in [0.2, 0.25) is 0 Å². The Kier molecular flexibility index (Phi) is 5.11. The molecule has 0 aliphatic carbocycles. The quantitative estimate of drug-likeness (QED) is 0.915. The third kappa shape index (κ3) is 3.76. The number of hydrogen-bond acceptors (Lipinski definition) is 4. The molecular weight excluding hydrogens is 248 g/mol. The number of rotatable bonds is 4. The Balaban J connectivity index is 2.11. The summed E-state index contributed by atoms with van der Waals surface area (Å²) in [5.41, 5.74) is 1.13. The molecule has 1 saturated heterocycles. The molecule has 0 bridgehead atoms. The number of nitrogens with one attached hydrogen (secondary N) is 1. The first-order valence-corrected chi connectivity index (χ1v) is 7.73. The number of aromatic nitrogens is 2. The van der Waals surface area contributed by atoms with Gasteiger partial charge in [-0.2, -0.15) is 0 Å². The Hall–Kier alpha value is -1.00. The summed E-state index contributed by atoms with van der Waals surface area (Å²) in [6, 6.07) is 3.20. The van der Waals surface area contributed by atoms with Crippen molar-refractivity contribution < 1.29 is 0 Å². The summed E-state index contributed by atoms with van der Waals surface area (Å²) in [7, 11) is 0. The molecule has 0 spiro atoms. The molecule has 20 heavy (non-hydrogen) atoms. The van der Waals surface area contributed by atoms with E-state index in [1.54, 1.807) is 0 Å². The molecule has 0 aromatic carbocycles. The van der Waals surface area contributed by atoms with Crippen molar-refractivity contribution in [2.75, 3.05) is 13.1 Å². The Morgan fingerprint density at radius 3 is 2.65 bits per heavy atom. The van der Waals surface area contributed by atoms with E-state index in [1.807, 2.05) is 19.2 Å². The third-order valence-electron chi connectivity index (χ3n) is 4.26. The van der Waals surface area contributed by atoms with Gasteiger partial charge in [0.15, 0.2) is 0 Å². The van der Waals surface area contributed by atoms with Gasteiger partial charge in [0, 0.05) is 37.9 Å². The van der Waals surface area contributed by atoms with Crippen LogP contribution in [-0.4, -0.2) is 40.0 Å². The van der Waals surface area contributed by atoms with E-state index in [4.69, 9.17) is 0 Å². The zero-order valence-corrected chi connectivity index (χ0v) is 13.4. The van der Waals surface area contributed by atoms with Crippen molar-refractivity contribution in [1.82, 2.24) is 20.2 Å². The Labute approximate surface area is 123 Å². The standard InChI is InChI=1S/C16H28N4/c1-11(2)15-10-20(16(8-18-15)12(3)4)9-14-6-7-17-13(5)19-14/h6-7,11-12,15-16,18H,8-10H2,1-5H3. The Morgan fingerprint density at radius 1 is 1.30 bits per heavy atom. The predicted molar refractivity (Wildman–Crippen MR) is 82.4 cm³/mol. The van der Waals surface area contributed by atoms with Gasteiger partial charge in [0.1, 0.15) is 5.82 Å². The molecule has 112 valence electrons. The largest absolute Gasteiger partial charge is 0.311 e. The first-order valence-electron chi connectivity index (χ1n) is 7.73. The van der Waals surface area contributed by atoms with Crippen LogP contribution < -0.4 is 5.32 Å². The molecule has 1 N–H and O–H groups in total. The van der Waals surface area contributed by atoms with Gasteiger partial charge >= 0.3 is 0 Å². The summed E-state index contributed by atoms with van der Waals surface area (Å²) < 4.78 is 0. The third-order valence-corrected chi connectivity index (χ3v) is 4.26. The van der Waals surface area contributed by atoms with Crippen molar-refractivity contribution >= 4 is 0 Å². The lowest BCUT2D eigenvalue weighted by Gasteiger charge is -2.43. The number of aryl methyl sites for hydroxylation is 1. The molecule has 1 aliphatic heterocycles. The summed E-state index contributed by atoms with van der Waals surface area (Å²) in [5, 5.41) is 3.70. The lowest BCUT2D eigenvalue weighted by Crippen LogP contribution is -2.59. The molecule has 1 aromatic rings. The number of piperazine rings is 1. The second-order valence-corrected chi connectivity index (χ2v) is 6.59. The van der Waals surface area contributed by atoms with Gasteiger partial charge < -0.3 is 5.32 Å². The highest BCUT2D eigenvalue weighted by molar-refractivity contribution is 5.03. The molecule has 2 heterocycles. The van der Waals surface area contributed by atoms with E-state index in [0.717, 1.165) is 31.2 Å².